The number of ether oxygens (including phenoxy) is 2. The number of methoxy groups -OCH3 is 1. The normalized spacial score (nSPS) is 34.7. The molecule has 25 heavy (non-hydrogen) atoms. The second-order valence-electron chi connectivity index (χ2n) is 6.41. The van der Waals surface area contributed by atoms with Gasteiger partial charge in [-0.3, -0.25) is 4.79 Å². The first-order valence-corrected chi connectivity index (χ1v) is 8.20. The van der Waals surface area contributed by atoms with Crippen molar-refractivity contribution in [3.05, 3.63) is 29.8 Å². The molecule has 2 aliphatic rings. The van der Waals surface area contributed by atoms with Gasteiger partial charge in [-0.2, -0.15) is 0 Å². The van der Waals surface area contributed by atoms with Crippen LogP contribution in [0.5, 0.6) is 0 Å². The van der Waals surface area contributed by atoms with E-state index >= 15 is 0 Å². The van der Waals surface area contributed by atoms with E-state index in [-0.39, 0.29) is 18.3 Å². The first kappa shape index (κ1) is 18.1. The largest absolute Gasteiger partial charge is 0.469 e. The molecular weight excluding hydrogens is 330 g/mol. The second-order valence-corrected chi connectivity index (χ2v) is 6.41. The average molecular weight is 353 g/mol. The van der Waals surface area contributed by atoms with Crippen LogP contribution in [0.25, 0.3) is 0 Å². The lowest BCUT2D eigenvalue weighted by molar-refractivity contribution is -0.228. The molecule has 0 amide bonds. The van der Waals surface area contributed by atoms with E-state index in [0.29, 0.717) is 6.54 Å². The quantitative estimate of drug-likeness (QED) is 0.507. The summed E-state index contributed by atoms with van der Waals surface area (Å²) in [6.07, 6.45) is -5.94. The number of carbonyl (C=O) groups is 1. The minimum absolute atomic E-state index is 0.143. The van der Waals surface area contributed by atoms with E-state index in [1.807, 2.05) is 24.3 Å². The summed E-state index contributed by atoms with van der Waals surface area (Å²) in [4.78, 5) is 13.4. The molecule has 1 aromatic carbocycles. The second kappa shape index (κ2) is 7.27. The highest BCUT2D eigenvalue weighted by atomic mass is 16.6. The topological polar surface area (TPSA) is 120 Å². The van der Waals surface area contributed by atoms with Crippen LogP contribution in [0, 0.1) is 0 Å². The molecule has 0 aromatic heterocycles. The van der Waals surface area contributed by atoms with E-state index in [1.165, 1.54) is 7.11 Å². The average Bonchev–Trinajstić information content (AvgIpc) is 2.98. The van der Waals surface area contributed by atoms with Crippen LogP contribution in [0.2, 0.25) is 0 Å². The number of nitrogens with zero attached hydrogens (tertiary/aromatic N) is 1. The van der Waals surface area contributed by atoms with Crippen molar-refractivity contribution < 1.29 is 34.7 Å². The lowest BCUT2D eigenvalue weighted by Gasteiger charge is -2.44. The van der Waals surface area contributed by atoms with Crippen LogP contribution < -0.4 is 4.90 Å². The predicted octanol–water partition coefficient (Wildman–Crippen LogP) is -1.05. The Labute approximate surface area is 145 Å². The number of benzene rings is 1. The fourth-order valence-electron chi connectivity index (χ4n) is 3.57. The molecule has 1 fully saturated rings. The fourth-order valence-corrected chi connectivity index (χ4v) is 3.57. The molecule has 8 nitrogen and oxygen atoms in total. The number of hydrogen-bond acceptors (Lipinski definition) is 8. The SMILES string of the molecule is COC(=O)CC1CN([C@@H]2O[C@H](CO)[C@@H](O)[C@@H](O)[C@@H]2O)c2ccccc21. The molecule has 0 spiro atoms. The number of anilines is 1. The van der Waals surface area contributed by atoms with Gasteiger partial charge in [0, 0.05) is 18.2 Å². The number of esters is 1. The highest BCUT2D eigenvalue weighted by Crippen LogP contribution is 2.41. The van der Waals surface area contributed by atoms with Gasteiger partial charge in [-0.25, -0.2) is 0 Å². The summed E-state index contributed by atoms with van der Waals surface area (Å²) in [5.74, 6) is -0.480. The van der Waals surface area contributed by atoms with Crippen LogP contribution in [-0.2, 0) is 14.3 Å². The highest BCUT2D eigenvalue weighted by Gasteiger charge is 2.48. The first-order chi connectivity index (χ1) is 12.0. The van der Waals surface area contributed by atoms with E-state index < -0.39 is 37.3 Å². The smallest absolute Gasteiger partial charge is 0.306 e. The molecule has 1 saturated heterocycles. The maximum Gasteiger partial charge on any atom is 0.306 e. The third-order valence-corrected chi connectivity index (χ3v) is 4.92. The number of carbonyl (C=O) groups excluding carboxylic acids is 1. The predicted molar refractivity (Wildman–Crippen MR) is 86.9 cm³/mol. The van der Waals surface area contributed by atoms with Crippen LogP contribution >= 0.6 is 0 Å². The Morgan fingerprint density at radius 3 is 2.64 bits per heavy atom. The lowest BCUT2D eigenvalue weighted by atomic mass is 9.97. The number of aliphatic hydroxyl groups is 4. The summed E-state index contributed by atoms with van der Waals surface area (Å²) < 4.78 is 10.4. The van der Waals surface area contributed by atoms with Gasteiger partial charge in [-0.15, -0.1) is 0 Å². The number of rotatable bonds is 4. The van der Waals surface area contributed by atoms with E-state index in [9.17, 15) is 25.2 Å². The van der Waals surface area contributed by atoms with Gasteiger partial charge >= 0.3 is 5.97 Å². The zero-order chi connectivity index (χ0) is 18.1. The monoisotopic (exact) mass is 353 g/mol. The molecule has 4 N–H and O–H groups in total. The molecule has 8 heteroatoms. The molecule has 2 heterocycles. The lowest BCUT2D eigenvalue weighted by Crippen LogP contribution is -2.63. The highest BCUT2D eigenvalue weighted by molar-refractivity contribution is 5.73. The van der Waals surface area contributed by atoms with Crippen LogP contribution in [0.3, 0.4) is 0 Å². The molecular formula is C17H23NO7. The van der Waals surface area contributed by atoms with Crippen molar-refractivity contribution in [2.45, 2.75) is 43.0 Å². The first-order valence-electron chi connectivity index (χ1n) is 8.20. The van der Waals surface area contributed by atoms with Gasteiger partial charge < -0.3 is 34.8 Å². The molecule has 2 aliphatic heterocycles. The standard InChI is InChI=1S/C17H23NO7/c1-24-13(20)6-9-7-18(11-5-3-2-4-10(9)11)17-16(23)15(22)14(21)12(8-19)25-17/h2-5,9,12,14-17,19,21-23H,6-8H2,1H3/t9?,12-,14-,15-,16+,17-/m1/s1. The van der Waals surface area contributed by atoms with Gasteiger partial charge in [0.1, 0.15) is 24.4 Å². The van der Waals surface area contributed by atoms with Crippen molar-refractivity contribution in [2.75, 3.05) is 25.2 Å². The molecule has 3 rings (SSSR count). The van der Waals surface area contributed by atoms with Crippen LogP contribution in [0.1, 0.15) is 17.9 Å². The van der Waals surface area contributed by atoms with Crippen molar-refractivity contribution in [1.29, 1.82) is 0 Å². The third kappa shape index (κ3) is 3.23. The van der Waals surface area contributed by atoms with E-state index in [4.69, 9.17) is 9.47 Å². The van der Waals surface area contributed by atoms with Crippen LogP contribution in [0.15, 0.2) is 24.3 Å². The molecule has 0 bridgehead atoms. The van der Waals surface area contributed by atoms with Crippen molar-refractivity contribution >= 4 is 11.7 Å². The maximum atomic E-state index is 11.7. The summed E-state index contributed by atoms with van der Waals surface area (Å²) in [5.41, 5.74) is 1.70. The van der Waals surface area contributed by atoms with Gasteiger partial charge in [-0.1, -0.05) is 18.2 Å². The van der Waals surface area contributed by atoms with Gasteiger partial charge in [0.15, 0.2) is 6.23 Å². The Morgan fingerprint density at radius 1 is 1.24 bits per heavy atom. The van der Waals surface area contributed by atoms with Crippen molar-refractivity contribution in [3.63, 3.8) is 0 Å². The molecule has 0 aliphatic carbocycles. The Hall–Kier alpha value is -1.71. The van der Waals surface area contributed by atoms with Crippen LogP contribution in [0.4, 0.5) is 5.69 Å². The van der Waals surface area contributed by atoms with E-state index in [0.717, 1.165) is 11.3 Å². The minimum Gasteiger partial charge on any atom is -0.469 e. The van der Waals surface area contributed by atoms with E-state index in [2.05, 4.69) is 0 Å². The zero-order valence-electron chi connectivity index (χ0n) is 13.9. The zero-order valence-corrected chi connectivity index (χ0v) is 13.9. The molecule has 6 atom stereocenters. The third-order valence-electron chi connectivity index (χ3n) is 4.92. The van der Waals surface area contributed by atoms with E-state index in [1.54, 1.807) is 4.90 Å². The summed E-state index contributed by atoms with van der Waals surface area (Å²) in [5, 5.41) is 39.7. The van der Waals surface area contributed by atoms with Gasteiger partial charge in [0.2, 0.25) is 0 Å². The van der Waals surface area contributed by atoms with Gasteiger partial charge in [-0.05, 0) is 11.6 Å². The number of hydrogen-bond donors (Lipinski definition) is 4. The van der Waals surface area contributed by atoms with Crippen molar-refractivity contribution in [1.82, 2.24) is 0 Å². The molecule has 0 saturated carbocycles. The Balaban J connectivity index is 1.88. The minimum atomic E-state index is -1.44. The maximum absolute atomic E-state index is 11.7. The molecule has 0 radical (unpaired) electrons. The Bertz CT molecular complexity index is 623. The summed E-state index contributed by atoms with van der Waals surface area (Å²) in [6, 6.07) is 7.43. The number of para-hydroxylation sites is 1. The summed E-state index contributed by atoms with van der Waals surface area (Å²) >= 11 is 0. The Kier molecular flexibility index (Phi) is 5.26. The van der Waals surface area contributed by atoms with Crippen molar-refractivity contribution in [2.24, 2.45) is 0 Å². The summed E-state index contributed by atoms with van der Waals surface area (Å²) in [6.45, 7) is -0.0976. The molecule has 138 valence electrons. The van der Waals surface area contributed by atoms with Crippen molar-refractivity contribution in [3.8, 4) is 0 Å². The molecule has 1 unspecified atom stereocenters. The number of aliphatic hydroxyl groups excluding tert-OH is 4. The van der Waals surface area contributed by atoms with Gasteiger partial charge in [0.25, 0.3) is 0 Å². The van der Waals surface area contributed by atoms with Gasteiger partial charge in [0.05, 0.1) is 20.1 Å². The summed E-state index contributed by atoms with van der Waals surface area (Å²) in [7, 11) is 1.33. The van der Waals surface area contributed by atoms with Crippen LogP contribution in [-0.4, -0.2) is 77.3 Å². The molecule has 1 aromatic rings. The Morgan fingerprint density at radius 2 is 1.96 bits per heavy atom. The fraction of sp³-hybridized carbons (Fsp3) is 0.588. The number of fused-ring (bicyclic) bond motifs is 1.